The van der Waals surface area contributed by atoms with Gasteiger partial charge in [0.1, 0.15) is 0 Å². The van der Waals surface area contributed by atoms with Crippen LogP contribution in [-0.2, 0) is 0 Å². The molecule has 0 nitrogen and oxygen atoms in total. The Bertz CT molecular complexity index is 90.2. The summed E-state index contributed by atoms with van der Waals surface area (Å²) < 4.78 is 0. The van der Waals surface area contributed by atoms with E-state index in [1.165, 1.54) is 6.42 Å². The summed E-state index contributed by atoms with van der Waals surface area (Å²) in [5, 5.41) is 0. The van der Waals surface area contributed by atoms with Crippen molar-refractivity contribution in [1.29, 1.82) is 0 Å². The number of allylic oxidation sites excluding steroid dienone is 3. The van der Waals surface area contributed by atoms with E-state index >= 15 is 0 Å². The van der Waals surface area contributed by atoms with Crippen LogP contribution in [0.4, 0.5) is 0 Å². The van der Waals surface area contributed by atoms with Crippen molar-refractivity contribution in [3.63, 3.8) is 0 Å². The smallest absolute Gasteiger partial charge is 0.0202 e. The average Bonchev–Trinajstić information content (AvgIpc) is 1.88. The molecule has 1 atom stereocenters. The van der Waals surface area contributed by atoms with Crippen LogP contribution in [0.5, 0.6) is 0 Å². The van der Waals surface area contributed by atoms with Crippen molar-refractivity contribution in [2.75, 3.05) is 0 Å². The maximum atomic E-state index is 3.70. The molecule has 0 N–H and O–H groups in total. The summed E-state index contributed by atoms with van der Waals surface area (Å²) in [5.74, 6) is 0.715. The van der Waals surface area contributed by atoms with E-state index in [2.05, 4.69) is 32.6 Å². The zero-order chi connectivity index (χ0) is 7.11. The monoisotopic (exact) mass is 124 g/mol. The predicted octanol–water partition coefficient (Wildman–Crippen LogP) is 3.16. The molecule has 0 bridgehead atoms. The van der Waals surface area contributed by atoms with E-state index in [1.807, 2.05) is 6.08 Å². The zero-order valence-corrected chi connectivity index (χ0v) is 6.43. The summed E-state index contributed by atoms with van der Waals surface area (Å²) in [6.45, 7) is 7.96. The Morgan fingerprint density at radius 3 is 2.56 bits per heavy atom. The molecule has 0 aromatic carbocycles. The van der Waals surface area contributed by atoms with Gasteiger partial charge in [-0.3, -0.25) is 0 Å². The van der Waals surface area contributed by atoms with Crippen LogP contribution in [0.3, 0.4) is 0 Å². The fourth-order valence-electron chi connectivity index (χ4n) is 0.868. The number of hydrogen-bond donors (Lipinski definition) is 0. The molecule has 0 heterocycles. The van der Waals surface area contributed by atoms with E-state index in [1.54, 1.807) is 0 Å². The molecule has 0 amide bonds. The first-order valence-corrected chi connectivity index (χ1v) is 3.58. The summed E-state index contributed by atoms with van der Waals surface area (Å²) in [5.41, 5.74) is 0. The second-order valence-electron chi connectivity index (χ2n) is 2.22. The minimum absolute atomic E-state index is 0.715. The van der Waals surface area contributed by atoms with E-state index < -0.39 is 0 Å². The van der Waals surface area contributed by atoms with Gasteiger partial charge in [0, 0.05) is 0 Å². The maximum Gasteiger partial charge on any atom is -0.0202 e. The predicted molar refractivity (Wildman–Crippen MR) is 43.4 cm³/mol. The van der Waals surface area contributed by atoms with Crippen LogP contribution in [0.2, 0.25) is 0 Å². The number of rotatable bonds is 4. The van der Waals surface area contributed by atoms with Gasteiger partial charge in [-0.05, 0) is 25.7 Å². The van der Waals surface area contributed by atoms with Crippen LogP contribution >= 0.6 is 0 Å². The zero-order valence-electron chi connectivity index (χ0n) is 6.43. The topological polar surface area (TPSA) is 0 Å². The Labute approximate surface area is 58.3 Å². The highest BCUT2D eigenvalue weighted by Crippen LogP contribution is 2.09. The quantitative estimate of drug-likeness (QED) is 0.505. The van der Waals surface area contributed by atoms with Crippen LogP contribution in [0, 0.1) is 5.92 Å². The van der Waals surface area contributed by atoms with Gasteiger partial charge in [0.2, 0.25) is 0 Å². The largest absolute Gasteiger partial charge is 0.103 e. The molecule has 0 heteroatoms. The molecule has 0 fully saturated rings. The first kappa shape index (κ1) is 8.48. The SMILES string of the molecule is C=CCC(/C=C/C)CC. The summed E-state index contributed by atoms with van der Waals surface area (Å²) in [4.78, 5) is 0. The highest BCUT2D eigenvalue weighted by Gasteiger charge is 1.95. The van der Waals surface area contributed by atoms with Crippen LogP contribution in [0.25, 0.3) is 0 Å². The molecular weight excluding hydrogens is 108 g/mol. The molecule has 0 saturated heterocycles. The third-order valence-corrected chi connectivity index (χ3v) is 1.46. The maximum absolute atomic E-state index is 3.70. The minimum Gasteiger partial charge on any atom is -0.103 e. The molecular formula is C9H16. The molecule has 1 unspecified atom stereocenters. The van der Waals surface area contributed by atoms with E-state index in [-0.39, 0.29) is 0 Å². The van der Waals surface area contributed by atoms with Crippen molar-refractivity contribution < 1.29 is 0 Å². The molecule has 0 aliphatic carbocycles. The van der Waals surface area contributed by atoms with Crippen molar-refractivity contribution >= 4 is 0 Å². The van der Waals surface area contributed by atoms with Crippen molar-refractivity contribution in [2.24, 2.45) is 5.92 Å². The van der Waals surface area contributed by atoms with Gasteiger partial charge in [0.15, 0.2) is 0 Å². The van der Waals surface area contributed by atoms with E-state index in [0.29, 0.717) is 5.92 Å². The Morgan fingerprint density at radius 2 is 2.22 bits per heavy atom. The van der Waals surface area contributed by atoms with E-state index in [9.17, 15) is 0 Å². The van der Waals surface area contributed by atoms with Gasteiger partial charge >= 0.3 is 0 Å². The van der Waals surface area contributed by atoms with Gasteiger partial charge in [-0.25, -0.2) is 0 Å². The molecule has 0 aromatic heterocycles. The normalized spacial score (nSPS) is 14.0. The second-order valence-corrected chi connectivity index (χ2v) is 2.22. The van der Waals surface area contributed by atoms with Gasteiger partial charge in [0.05, 0.1) is 0 Å². The fraction of sp³-hybridized carbons (Fsp3) is 0.556. The van der Waals surface area contributed by atoms with Gasteiger partial charge in [0.25, 0.3) is 0 Å². The molecule has 0 aromatic rings. The highest BCUT2D eigenvalue weighted by molar-refractivity contribution is 4.88. The lowest BCUT2D eigenvalue weighted by Gasteiger charge is -2.03. The van der Waals surface area contributed by atoms with Crippen molar-refractivity contribution in [1.82, 2.24) is 0 Å². The van der Waals surface area contributed by atoms with Crippen molar-refractivity contribution in [3.8, 4) is 0 Å². The average molecular weight is 124 g/mol. The number of hydrogen-bond acceptors (Lipinski definition) is 0. The van der Waals surface area contributed by atoms with Crippen molar-refractivity contribution in [3.05, 3.63) is 24.8 Å². The molecule has 52 valence electrons. The summed E-state index contributed by atoms with van der Waals surface area (Å²) in [7, 11) is 0. The Hall–Kier alpha value is -0.520. The Kier molecular flexibility index (Phi) is 5.29. The Morgan fingerprint density at radius 1 is 1.56 bits per heavy atom. The van der Waals surface area contributed by atoms with E-state index in [4.69, 9.17) is 0 Å². The lowest BCUT2D eigenvalue weighted by molar-refractivity contribution is 0.638. The minimum atomic E-state index is 0.715. The Balaban J connectivity index is 3.53. The summed E-state index contributed by atoms with van der Waals surface area (Å²) in [6.07, 6.45) is 8.66. The van der Waals surface area contributed by atoms with E-state index in [0.717, 1.165) is 6.42 Å². The standard InChI is InChI=1S/C9H16/c1-4-7-9(6-3)8-5-2/h4-5,8-9H,1,6-7H2,2-3H3/b8-5+. The highest BCUT2D eigenvalue weighted by atomic mass is 14.0. The first-order valence-electron chi connectivity index (χ1n) is 3.58. The third-order valence-electron chi connectivity index (χ3n) is 1.46. The molecule has 0 spiro atoms. The van der Waals surface area contributed by atoms with Crippen LogP contribution in [0.1, 0.15) is 26.7 Å². The second kappa shape index (κ2) is 5.61. The van der Waals surface area contributed by atoms with Crippen LogP contribution in [0.15, 0.2) is 24.8 Å². The van der Waals surface area contributed by atoms with Crippen LogP contribution < -0.4 is 0 Å². The first-order chi connectivity index (χ1) is 4.35. The fourth-order valence-corrected chi connectivity index (χ4v) is 0.868. The molecule has 9 heavy (non-hydrogen) atoms. The summed E-state index contributed by atoms with van der Waals surface area (Å²) in [6, 6.07) is 0. The lowest BCUT2D eigenvalue weighted by Crippen LogP contribution is -1.89. The molecule has 0 aliphatic heterocycles. The third kappa shape index (κ3) is 4.01. The van der Waals surface area contributed by atoms with Gasteiger partial charge in [-0.1, -0.05) is 25.2 Å². The van der Waals surface area contributed by atoms with Gasteiger partial charge < -0.3 is 0 Å². The summed E-state index contributed by atoms with van der Waals surface area (Å²) >= 11 is 0. The van der Waals surface area contributed by atoms with Gasteiger partial charge in [-0.15, -0.1) is 6.58 Å². The van der Waals surface area contributed by atoms with Crippen molar-refractivity contribution in [2.45, 2.75) is 26.7 Å². The lowest BCUT2D eigenvalue weighted by atomic mass is 10.0. The molecule has 0 aliphatic rings. The molecule has 0 rings (SSSR count). The van der Waals surface area contributed by atoms with Gasteiger partial charge in [-0.2, -0.15) is 0 Å². The van der Waals surface area contributed by atoms with Crippen LogP contribution in [-0.4, -0.2) is 0 Å². The molecule has 0 radical (unpaired) electrons. The molecule has 0 saturated carbocycles.